The van der Waals surface area contributed by atoms with Crippen LogP contribution in [0, 0.1) is 0 Å². The maximum atomic E-state index is 12.0. The average molecular weight is 367 g/mol. The lowest BCUT2D eigenvalue weighted by Gasteiger charge is -2.19. The molecule has 27 heavy (non-hydrogen) atoms. The van der Waals surface area contributed by atoms with Gasteiger partial charge < -0.3 is 13.9 Å². The standard InChI is InChI=1S/C22H25NO4/c1-5-15-6-9-19-17(11-22(24)27-21(19)10-15)14-23(2)13-16-7-8-18(25-3)12-20(16)26-4/h6-12H,5,13-14H2,1-4H3. The molecule has 0 bridgehead atoms. The minimum absolute atomic E-state index is 0.318. The van der Waals surface area contributed by atoms with Crippen molar-refractivity contribution in [3.63, 3.8) is 0 Å². The van der Waals surface area contributed by atoms with Gasteiger partial charge in [-0.15, -0.1) is 0 Å². The molecule has 0 N–H and O–H groups in total. The zero-order chi connectivity index (χ0) is 19.4. The summed E-state index contributed by atoms with van der Waals surface area (Å²) in [6.45, 7) is 3.39. The molecule has 0 saturated carbocycles. The molecule has 3 aromatic rings. The van der Waals surface area contributed by atoms with Crippen LogP contribution in [0.25, 0.3) is 11.0 Å². The predicted octanol–water partition coefficient (Wildman–Crippen LogP) is 4.00. The Morgan fingerprint density at radius 2 is 1.74 bits per heavy atom. The molecule has 5 heteroatoms. The molecule has 1 heterocycles. The van der Waals surface area contributed by atoms with E-state index in [4.69, 9.17) is 13.9 Å². The number of methoxy groups -OCH3 is 2. The third-order valence-corrected chi connectivity index (χ3v) is 4.68. The highest BCUT2D eigenvalue weighted by Gasteiger charge is 2.12. The largest absolute Gasteiger partial charge is 0.497 e. The van der Waals surface area contributed by atoms with Gasteiger partial charge in [0.2, 0.25) is 0 Å². The first-order valence-electron chi connectivity index (χ1n) is 8.99. The van der Waals surface area contributed by atoms with Crippen molar-refractivity contribution in [2.24, 2.45) is 0 Å². The molecule has 0 unspecified atom stereocenters. The highest BCUT2D eigenvalue weighted by atomic mass is 16.5. The van der Waals surface area contributed by atoms with Crippen molar-refractivity contribution in [1.82, 2.24) is 4.90 Å². The zero-order valence-electron chi connectivity index (χ0n) is 16.2. The van der Waals surface area contributed by atoms with Gasteiger partial charge in [0.25, 0.3) is 0 Å². The van der Waals surface area contributed by atoms with E-state index in [9.17, 15) is 4.79 Å². The number of rotatable bonds is 7. The zero-order valence-corrected chi connectivity index (χ0v) is 16.2. The van der Waals surface area contributed by atoms with Crippen LogP contribution in [0.2, 0.25) is 0 Å². The van der Waals surface area contributed by atoms with Crippen molar-refractivity contribution in [3.05, 3.63) is 69.6 Å². The summed E-state index contributed by atoms with van der Waals surface area (Å²) in [5.74, 6) is 1.54. The molecule has 0 aliphatic heterocycles. The van der Waals surface area contributed by atoms with Crippen LogP contribution >= 0.6 is 0 Å². The first-order valence-corrected chi connectivity index (χ1v) is 8.99. The fraction of sp³-hybridized carbons (Fsp3) is 0.318. The molecule has 0 fully saturated rings. The number of benzene rings is 2. The van der Waals surface area contributed by atoms with E-state index in [0.717, 1.165) is 40.0 Å². The van der Waals surface area contributed by atoms with E-state index >= 15 is 0 Å². The summed E-state index contributed by atoms with van der Waals surface area (Å²) in [5.41, 5.74) is 3.49. The molecule has 142 valence electrons. The van der Waals surface area contributed by atoms with E-state index in [2.05, 4.69) is 17.9 Å². The van der Waals surface area contributed by atoms with Gasteiger partial charge in [0.15, 0.2) is 0 Å². The Kier molecular flexibility index (Phi) is 5.81. The fourth-order valence-electron chi connectivity index (χ4n) is 3.25. The first-order chi connectivity index (χ1) is 13.0. The van der Waals surface area contributed by atoms with Gasteiger partial charge in [-0.1, -0.05) is 25.1 Å². The van der Waals surface area contributed by atoms with E-state index < -0.39 is 0 Å². The lowest BCUT2D eigenvalue weighted by atomic mass is 10.1. The lowest BCUT2D eigenvalue weighted by Crippen LogP contribution is -2.19. The van der Waals surface area contributed by atoms with Crippen molar-refractivity contribution >= 4 is 11.0 Å². The van der Waals surface area contributed by atoms with Crippen LogP contribution in [-0.4, -0.2) is 26.2 Å². The van der Waals surface area contributed by atoms with Crippen LogP contribution in [0.1, 0.15) is 23.6 Å². The summed E-state index contributed by atoms with van der Waals surface area (Å²) in [7, 11) is 5.31. The molecular formula is C22H25NO4. The maximum absolute atomic E-state index is 12.0. The van der Waals surface area contributed by atoms with Gasteiger partial charge in [-0.05, 0) is 36.7 Å². The maximum Gasteiger partial charge on any atom is 0.336 e. The van der Waals surface area contributed by atoms with Crippen LogP contribution in [0.15, 0.2) is 51.7 Å². The summed E-state index contributed by atoms with van der Waals surface area (Å²) in [6.07, 6.45) is 0.904. The molecule has 2 aromatic carbocycles. The third kappa shape index (κ3) is 4.31. The summed E-state index contributed by atoms with van der Waals surface area (Å²) < 4.78 is 16.1. The van der Waals surface area contributed by atoms with E-state index in [1.807, 2.05) is 37.4 Å². The third-order valence-electron chi connectivity index (χ3n) is 4.68. The summed E-state index contributed by atoms with van der Waals surface area (Å²) in [6, 6.07) is 13.4. The molecule has 0 radical (unpaired) electrons. The molecule has 0 amide bonds. The topological polar surface area (TPSA) is 51.9 Å². The van der Waals surface area contributed by atoms with Crippen molar-refractivity contribution in [2.75, 3.05) is 21.3 Å². The van der Waals surface area contributed by atoms with Gasteiger partial charge in [-0.2, -0.15) is 0 Å². The SMILES string of the molecule is CCc1ccc2c(CN(C)Cc3ccc(OC)cc3OC)cc(=O)oc2c1. The quantitative estimate of drug-likeness (QED) is 0.591. The normalized spacial score (nSPS) is 11.1. The Morgan fingerprint density at radius 1 is 0.963 bits per heavy atom. The molecule has 0 aliphatic carbocycles. The van der Waals surface area contributed by atoms with E-state index in [0.29, 0.717) is 18.7 Å². The van der Waals surface area contributed by atoms with Crippen LogP contribution in [0.4, 0.5) is 0 Å². The molecule has 0 aliphatic rings. The predicted molar refractivity (Wildman–Crippen MR) is 107 cm³/mol. The number of ether oxygens (including phenoxy) is 2. The summed E-state index contributed by atoms with van der Waals surface area (Å²) in [4.78, 5) is 14.1. The lowest BCUT2D eigenvalue weighted by molar-refractivity contribution is 0.309. The Morgan fingerprint density at radius 3 is 2.44 bits per heavy atom. The monoisotopic (exact) mass is 367 g/mol. The number of hydrogen-bond donors (Lipinski definition) is 0. The van der Waals surface area contributed by atoms with Crippen molar-refractivity contribution in [2.45, 2.75) is 26.4 Å². The highest BCUT2D eigenvalue weighted by Crippen LogP contribution is 2.26. The van der Waals surface area contributed by atoms with Crippen LogP contribution in [-0.2, 0) is 19.5 Å². The van der Waals surface area contributed by atoms with Gasteiger partial charge in [-0.3, -0.25) is 4.90 Å². The van der Waals surface area contributed by atoms with Gasteiger partial charge in [-0.25, -0.2) is 4.79 Å². The average Bonchev–Trinajstić information content (AvgIpc) is 2.67. The second-order valence-corrected chi connectivity index (χ2v) is 6.62. The fourth-order valence-corrected chi connectivity index (χ4v) is 3.25. The number of hydrogen-bond acceptors (Lipinski definition) is 5. The second-order valence-electron chi connectivity index (χ2n) is 6.62. The van der Waals surface area contributed by atoms with E-state index in [1.54, 1.807) is 20.3 Å². The first kappa shape index (κ1) is 19.0. The van der Waals surface area contributed by atoms with Gasteiger partial charge >= 0.3 is 5.63 Å². The minimum Gasteiger partial charge on any atom is -0.497 e. The second kappa shape index (κ2) is 8.27. The Balaban J connectivity index is 1.86. The summed E-state index contributed by atoms with van der Waals surface area (Å²) in [5, 5.41) is 0.973. The van der Waals surface area contributed by atoms with E-state index in [1.165, 1.54) is 0 Å². The van der Waals surface area contributed by atoms with Gasteiger partial charge in [0.1, 0.15) is 17.1 Å². The molecule has 0 atom stereocenters. The van der Waals surface area contributed by atoms with Crippen molar-refractivity contribution in [3.8, 4) is 11.5 Å². The highest BCUT2D eigenvalue weighted by molar-refractivity contribution is 5.80. The van der Waals surface area contributed by atoms with Crippen molar-refractivity contribution in [1.29, 1.82) is 0 Å². The molecular weight excluding hydrogens is 342 g/mol. The number of nitrogens with zero attached hydrogens (tertiary/aromatic N) is 1. The Hall–Kier alpha value is -2.79. The minimum atomic E-state index is -0.318. The van der Waals surface area contributed by atoms with Crippen molar-refractivity contribution < 1.29 is 13.9 Å². The molecule has 0 spiro atoms. The number of fused-ring (bicyclic) bond motifs is 1. The van der Waals surface area contributed by atoms with Gasteiger partial charge in [0.05, 0.1) is 14.2 Å². The van der Waals surface area contributed by atoms with Gasteiger partial charge in [0, 0.05) is 36.2 Å². The molecule has 3 rings (SSSR count). The van der Waals surface area contributed by atoms with Crippen LogP contribution in [0.5, 0.6) is 11.5 Å². The Labute approximate surface area is 159 Å². The van der Waals surface area contributed by atoms with E-state index in [-0.39, 0.29) is 5.63 Å². The number of aryl methyl sites for hydroxylation is 1. The molecule has 1 aromatic heterocycles. The smallest absolute Gasteiger partial charge is 0.336 e. The Bertz CT molecular complexity index is 993. The van der Waals surface area contributed by atoms with Crippen LogP contribution in [0.3, 0.4) is 0 Å². The molecule has 0 saturated heterocycles. The summed E-state index contributed by atoms with van der Waals surface area (Å²) >= 11 is 0. The molecule has 5 nitrogen and oxygen atoms in total. The van der Waals surface area contributed by atoms with Crippen LogP contribution < -0.4 is 15.1 Å².